The summed E-state index contributed by atoms with van der Waals surface area (Å²) in [6.45, 7) is 10.0. The Kier molecular flexibility index (Phi) is 8.02. The van der Waals surface area contributed by atoms with Crippen molar-refractivity contribution in [2.24, 2.45) is 11.8 Å². The first-order valence-electron chi connectivity index (χ1n) is 9.47. The monoisotopic (exact) mass is 415 g/mol. The Morgan fingerprint density at radius 1 is 1.10 bits per heavy atom. The number of alkyl carbamates (subject to hydrolysis) is 1. The van der Waals surface area contributed by atoms with Gasteiger partial charge in [-0.2, -0.15) is 0 Å². The number of carbonyl (C=O) groups excluding carboxylic acids is 4. The van der Waals surface area contributed by atoms with Crippen LogP contribution in [0.25, 0.3) is 0 Å². The molecule has 1 fully saturated rings. The lowest BCUT2D eigenvalue weighted by molar-refractivity contribution is -0.176. The molecule has 29 heavy (non-hydrogen) atoms. The molecule has 0 radical (unpaired) electrons. The number of ether oxygens (including phenoxy) is 2. The number of imide groups is 1. The third kappa shape index (κ3) is 7.88. The van der Waals surface area contributed by atoms with Gasteiger partial charge in [0.1, 0.15) is 11.2 Å². The molecule has 1 rings (SSSR count). The van der Waals surface area contributed by atoms with E-state index in [-0.39, 0.29) is 25.4 Å². The van der Waals surface area contributed by atoms with Crippen molar-refractivity contribution in [1.82, 2.24) is 15.3 Å². The number of nitrogens with one attached hydrogen (secondary N) is 1. The summed E-state index contributed by atoms with van der Waals surface area (Å²) in [6, 6.07) is 0. The van der Waals surface area contributed by atoms with Crippen molar-refractivity contribution in [3.05, 3.63) is 0 Å². The Bertz CT molecular complexity index is 637. The van der Waals surface area contributed by atoms with Crippen LogP contribution in [0.2, 0.25) is 0 Å². The highest BCUT2D eigenvalue weighted by Crippen LogP contribution is 2.26. The summed E-state index contributed by atoms with van der Waals surface area (Å²) < 4.78 is 10.5. The van der Waals surface area contributed by atoms with E-state index in [4.69, 9.17) is 14.3 Å². The minimum atomic E-state index is -0.831. The molecule has 0 saturated carbocycles. The number of piperidine rings is 1. The standard InChI is InChI=1S/C19H33N3O7/c1-18(2,3)28-16(25)20-10-12-9-13(14(23)21(7)27-8)11-22(15(12)24)17(26)29-19(4,5)6/h12-13H,9-11H2,1-8H3,(H,20,25)/t12?,13-/m0/s1. The smallest absolute Gasteiger partial charge is 0.417 e. The molecule has 0 spiro atoms. The van der Waals surface area contributed by atoms with Crippen molar-refractivity contribution in [2.75, 3.05) is 27.2 Å². The normalized spacial score (nSPS) is 20.1. The van der Waals surface area contributed by atoms with Crippen LogP contribution in [-0.2, 0) is 23.9 Å². The van der Waals surface area contributed by atoms with Gasteiger partial charge in [0, 0.05) is 20.1 Å². The zero-order chi connectivity index (χ0) is 22.6. The van der Waals surface area contributed by atoms with E-state index in [1.54, 1.807) is 41.5 Å². The van der Waals surface area contributed by atoms with Crippen LogP contribution in [0, 0.1) is 11.8 Å². The van der Waals surface area contributed by atoms with Crippen molar-refractivity contribution in [2.45, 2.75) is 59.2 Å². The topological polar surface area (TPSA) is 114 Å². The molecule has 0 aromatic heterocycles. The fourth-order valence-electron chi connectivity index (χ4n) is 2.75. The molecule has 4 amide bonds. The zero-order valence-electron chi connectivity index (χ0n) is 18.5. The molecule has 166 valence electrons. The van der Waals surface area contributed by atoms with Gasteiger partial charge in [-0.3, -0.25) is 14.4 Å². The number of hydroxylamine groups is 2. The van der Waals surface area contributed by atoms with Crippen LogP contribution in [-0.4, -0.2) is 72.4 Å². The summed E-state index contributed by atoms with van der Waals surface area (Å²) in [5.74, 6) is -2.37. The zero-order valence-corrected chi connectivity index (χ0v) is 18.5. The number of nitrogens with zero attached hydrogens (tertiary/aromatic N) is 2. The molecule has 2 atom stereocenters. The van der Waals surface area contributed by atoms with Crippen molar-refractivity contribution >= 4 is 24.0 Å². The minimum absolute atomic E-state index is 0.0759. The molecule has 10 heteroatoms. The Morgan fingerprint density at radius 3 is 2.14 bits per heavy atom. The summed E-state index contributed by atoms with van der Waals surface area (Å²) in [4.78, 5) is 55.7. The second-order valence-corrected chi connectivity index (χ2v) is 8.96. The van der Waals surface area contributed by atoms with Gasteiger partial charge in [0.05, 0.1) is 18.9 Å². The summed E-state index contributed by atoms with van der Waals surface area (Å²) >= 11 is 0. The number of hydrogen-bond donors (Lipinski definition) is 1. The predicted octanol–water partition coefficient (Wildman–Crippen LogP) is 1.93. The Morgan fingerprint density at radius 2 is 1.66 bits per heavy atom. The average Bonchev–Trinajstić information content (AvgIpc) is 2.56. The van der Waals surface area contributed by atoms with Gasteiger partial charge in [0.15, 0.2) is 0 Å². The number of amides is 4. The third-order valence-electron chi connectivity index (χ3n) is 4.03. The lowest BCUT2D eigenvalue weighted by Crippen LogP contribution is -2.55. The van der Waals surface area contributed by atoms with E-state index < -0.39 is 41.1 Å². The quantitative estimate of drug-likeness (QED) is 0.698. The maximum atomic E-state index is 12.8. The Hall–Kier alpha value is -2.36. The maximum Gasteiger partial charge on any atom is 0.417 e. The fourth-order valence-corrected chi connectivity index (χ4v) is 2.75. The van der Waals surface area contributed by atoms with Crippen LogP contribution in [0.4, 0.5) is 9.59 Å². The van der Waals surface area contributed by atoms with E-state index in [2.05, 4.69) is 5.32 Å². The molecule has 0 bridgehead atoms. The highest BCUT2D eigenvalue weighted by molar-refractivity contribution is 5.96. The molecule has 1 unspecified atom stereocenters. The molecule has 0 aromatic rings. The second kappa shape index (κ2) is 9.43. The van der Waals surface area contributed by atoms with E-state index in [1.165, 1.54) is 14.2 Å². The van der Waals surface area contributed by atoms with Crippen LogP contribution < -0.4 is 5.32 Å². The first-order valence-corrected chi connectivity index (χ1v) is 9.47. The molecule has 1 heterocycles. The first-order chi connectivity index (χ1) is 13.1. The van der Waals surface area contributed by atoms with Gasteiger partial charge in [-0.05, 0) is 48.0 Å². The Balaban J connectivity index is 2.97. The largest absolute Gasteiger partial charge is 0.444 e. The lowest BCUT2D eigenvalue weighted by Gasteiger charge is -2.37. The maximum absolute atomic E-state index is 12.8. The van der Waals surface area contributed by atoms with E-state index >= 15 is 0 Å². The van der Waals surface area contributed by atoms with Crippen molar-refractivity contribution < 1.29 is 33.5 Å². The lowest BCUT2D eigenvalue weighted by atomic mass is 9.88. The van der Waals surface area contributed by atoms with E-state index in [9.17, 15) is 19.2 Å². The molecule has 0 aromatic carbocycles. The molecular weight excluding hydrogens is 382 g/mol. The Labute approximate surface area is 171 Å². The van der Waals surface area contributed by atoms with Crippen molar-refractivity contribution in [3.63, 3.8) is 0 Å². The summed E-state index contributed by atoms with van der Waals surface area (Å²) in [7, 11) is 2.80. The van der Waals surface area contributed by atoms with Crippen LogP contribution in [0.15, 0.2) is 0 Å². The van der Waals surface area contributed by atoms with Gasteiger partial charge in [0.2, 0.25) is 5.91 Å². The summed E-state index contributed by atoms with van der Waals surface area (Å²) in [6.07, 6.45) is -1.36. The first kappa shape index (κ1) is 24.7. The summed E-state index contributed by atoms with van der Waals surface area (Å²) in [5, 5.41) is 3.58. The highest BCUT2D eigenvalue weighted by Gasteiger charge is 2.43. The van der Waals surface area contributed by atoms with Crippen LogP contribution >= 0.6 is 0 Å². The van der Waals surface area contributed by atoms with Crippen LogP contribution in [0.5, 0.6) is 0 Å². The average molecular weight is 415 g/mol. The second-order valence-electron chi connectivity index (χ2n) is 8.96. The fraction of sp³-hybridized carbons (Fsp3) is 0.789. The van der Waals surface area contributed by atoms with E-state index in [0.717, 1.165) is 9.96 Å². The van der Waals surface area contributed by atoms with Gasteiger partial charge in [0.25, 0.3) is 5.91 Å². The molecule has 1 saturated heterocycles. The number of likely N-dealkylation sites (tertiary alicyclic amines) is 1. The van der Waals surface area contributed by atoms with E-state index in [1.807, 2.05) is 0 Å². The molecule has 1 aliphatic rings. The van der Waals surface area contributed by atoms with Gasteiger partial charge in [-0.15, -0.1) is 0 Å². The number of hydrogen-bond acceptors (Lipinski definition) is 7. The SMILES string of the molecule is CON(C)C(=O)[C@H]1CC(CNC(=O)OC(C)(C)C)C(=O)N(C(=O)OC(C)(C)C)C1. The van der Waals surface area contributed by atoms with Gasteiger partial charge in [-0.25, -0.2) is 19.6 Å². The van der Waals surface area contributed by atoms with E-state index in [0.29, 0.717) is 0 Å². The van der Waals surface area contributed by atoms with Gasteiger partial charge >= 0.3 is 12.2 Å². The summed E-state index contributed by atoms with van der Waals surface area (Å²) in [5.41, 5.74) is -1.50. The third-order valence-corrected chi connectivity index (χ3v) is 4.03. The number of rotatable bonds is 4. The van der Waals surface area contributed by atoms with Crippen LogP contribution in [0.1, 0.15) is 48.0 Å². The van der Waals surface area contributed by atoms with Crippen molar-refractivity contribution in [3.8, 4) is 0 Å². The molecule has 10 nitrogen and oxygen atoms in total. The molecule has 1 aliphatic heterocycles. The minimum Gasteiger partial charge on any atom is -0.444 e. The van der Waals surface area contributed by atoms with Crippen molar-refractivity contribution in [1.29, 1.82) is 0 Å². The highest BCUT2D eigenvalue weighted by atomic mass is 16.7. The van der Waals surface area contributed by atoms with Crippen LogP contribution in [0.3, 0.4) is 0 Å². The molecule has 0 aliphatic carbocycles. The number of carbonyl (C=O) groups is 4. The van der Waals surface area contributed by atoms with Gasteiger partial charge < -0.3 is 14.8 Å². The van der Waals surface area contributed by atoms with Gasteiger partial charge in [-0.1, -0.05) is 0 Å². The molecular formula is C19H33N3O7. The molecule has 1 N–H and O–H groups in total. The predicted molar refractivity (Wildman–Crippen MR) is 104 cm³/mol.